The fourth-order valence-electron chi connectivity index (χ4n) is 9.64. The second kappa shape index (κ2) is 17.4. The molecule has 8 aromatic carbocycles. The highest BCUT2D eigenvalue weighted by Crippen LogP contribution is 2.45. The number of fused-ring (bicyclic) bond motifs is 1. The lowest BCUT2D eigenvalue weighted by molar-refractivity contribution is 0.448. The van der Waals surface area contributed by atoms with Crippen LogP contribution in [0.2, 0.25) is 0 Å². The fraction of sp³-hybridized carbons (Fsp3) is 0.156. The van der Waals surface area contributed by atoms with E-state index in [1.165, 1.54) is 0 Å². The van der Waals surface area contributed by atoms with Crippen molar-refractivity contribution in [2.24, 2.45) is 0 Å². The molecule has 0 atom stereocenters. The quantitative estimate of drug-likeness (QED) is 0.165. The third-order valence-corrected chi connectivity index (χ3v) is 13.0. The Bertz CT molecular complexity index is 3600. The van der Waals surface area contributed by atoms with Crippen LogP contribution in [0, 0.1) is 13.8 Å². The third-order valence-electron chi connectivity index (χ3n) is 13.0. The van der Waals surface area contributed by atoms with E-state index in [4.69, 9.17) is 9.97 Å². The molecule has 4 heteroatoms. The molecule has 0 saturated carbocycles. The Hall–Kier alpha value is -7.82. The van der Waals surface area contributed by atoms with Gasteiger partial charge in [-0.15, -0.1) is 0 Å². The van der Waals surface area contributed by atoms with Crippen LogP contribution >= 0.6 is 0 Å². The van der Waals surface area contributed by atoms with Crippen molar-refractivity contribution in [2.45, 2.75) is 66.1 Å². The van der Waals surface area contributed by atoms with Crippen LogP contribution in [-0.2, 0) is 10.8 Å². The number of hydrogen-bond donors (Lipinski definition) is 1. The van der Waals surface area contributed by atoms with E-state index in [2.05, 4.69) is 126 Å². The molecule has 10 aromatic rings. The molecule has 0 spiro atoms. The van der Waals surface area contributed by atoms with Crippen molar-refractivity contribution in [1.82, 2.24) is 14.5 Å². The number of phenols is 1. The normalized spacial score (nSPS) is 12.7. The Morgan fingerprint density at radius 3 is 1.78 bits per heavy atom. The van der Waals surface area contributed by atoms with Crippen LogP contribution in [-0.4, -0.2) is 19.6 Å². The summed E-state index contributed by atoms with van der Waals surface area (Å²) in [5.41, 5.74) is 16.3. The predicted molar refractivity (Wildman–Crippen MR) is 285 cm³/mol. The minimum Gasteiger partial charge on any atom is -0.507 e. The van der Waals surface area contributed by atoms with Crippen molar-refractivity contribution in [2.75, 3.05) is 0 Å². The largest absolute Gasteiger partial charge is 0.507 e. The summed E-state index contributed by atoms with van der Waals surface area (Å²) in [6.07, 6.45) is 1.86. The van der Waals surface area contributed by atoms with Crippen molar-refractivity contribution in [3.63, 3.8) is 0 Å². The standard InChI is InChI=1S/C64H57N3O/c1-41-34-53(61(68)55(35-41)64(6,7)8)62-66-60-52(49-37-48(44-22-14-10-15-23-44)38-50(39-49)56-40-46(32-33-65-56)43-20-12-9-13-21-43)27-19-29-58(60)67(62)57-31-30-47(36-42(57)2)59-51(45-24-16-11-17-25-45)26-18-28-54(59)63(3,4)5/h9-40,68H,1-8H3/i2D3. The van der Waals surface area contributed by atoms with Gasteiger partial charge in [0.05, 0.1) is 28.0 Å². The van der Waals surface area contributed by atoms with Crippen LogP contribution in [0.5, 0.6) is 5.75 Å². The Balaban J connectivity index is 1.26. The van der Waals surface area contributed by atoms with Gasteiger partial charge in [0, 0.05) is 27.0 Å². The summed E-state index contributed by atoms with van der Waals surface area (Å²) in [4.78, 5) is 10.4. The molecule has 2 aromatic heterocycles. The van der Waals surface area contributed by atoms with Crippen LogP contribution in [0.1, 0.15) is 67.9 Å². The molecular formula is C64H57N3O. The molecule has 0 aliphatic carbocycles. The number of phenolic OH excluding ortho intramolecular Hbond substituents is 1. The molecule has 4 nitrogen and oxygen atoms in total. The summed E-state index contributed by atoms with van der Waals surface area (Å²) >= 11 is 0. The lowest BCUT2D eigenvalue weighted by Crippen LogP contribution is -2.13. The zero-order valence-corrected chi connectivity index (χ0v) is 39.8. The average molecular weight is 887 g/mol. The van der Waals surface area contributed by atoms with Gasteiger partial charge in [-0.2, -0.15) is 0 Å². The first-order valence-corrected chi connectivity index (χ1v) is 23.4. The molecule has 0 saturated heterocycles. The van der Waals surface area contributed by atoms with Gasteiger partial charge in [0.1, 0.15) is 11.6 Å². The van der Waals surface area contributed by atoms with Crippen molar-refractivity contribution in [3.8, 4) is 89.7 Å². The molecule has 0 bridgehead atoms. The minimum atomic E-state index is -2.55. The van der Waals surface area contributed by atoms with Gasteiger partial charge in [-0.1, -0.05) is 175 Å². The Morgan fingerprint density at radius 1 is 0.485 bits per heavy atom. The zero-order chi connectivity index (χ0) is 49.8. The van der Waals surface area contributed by atoms with E-state index in [0.717, 1.165) is 83.6 Å². The van der Waals surface area contributed by atoms with E-state index in [1.807, 2.05) is 121 Å². The van der Waals surface area contributed by atoms with Gasteiger partial charge < -0.3 is 5.11 Å². The highest BCUT2D eigenvalue weighted by Gasteiger charge is 2.27. The minimum absolute atomic E-state index is 0.109. The first-order valence-electron chi connectivity index (χ1n) is 24.9. The monoisotopic (exact) mass is 886 g/mol. The van der Waals surface area contributed by atoms with Gasteiger partial charge >= 0.3 is 0 Å². The van der Waals surface area contributed by atoms with Crippen LogP contribution < -0.4 is 0 Å². The molecule has 2 heterocycles. The van der Waals surface area contributed by atoms with Crippen LogP contribution in [0.3, 0.4) is 0 Å². The predicted octanol–water partition coefficient (Wildman–Crippen LogP) is 17.0. The SMILES string of the molecule is [2H]C([2H])([2H])c1cc(-c2c(-c3ccccc3)cccc2C(C)(C)C)ccc1-n1c(-c2cc(C)cc(C(C)(C)C)c2O)nc2c(-c3cc(-c4ccccc4)cc(-c4cc(-c5ccccc5)ccn4)c3)cccc21. The van der Waals surface area contributed by atoms with Crippen molar-refractivity contribution < 1.29 is 9.22 Å². The van der Waals surface area contributed by atoms with Crippen LogP contribution in [0.15, 0.2) is 194 Å². The number of para-hydroxylation sites is 1. The first-order chi connectivity index (χ1) is 33.9. The number of nitrogens with zero attached hydrogens (tertiary/aromatic N) is 3. The lowest BCUT2D eigenvalue weighted by Gasteiger charge is -2.26. The molecule has 10 rings (SSSR count). The van der Waals surface area contributed by atoms with E-state index < -0.39 is 12.3 Å². The first kappa shape index (κ1) is 40.5. The number of aryl methyl sites for hydroxylation is 2. The fourth-order valence-corrected chi connectivity index (χ4v) is 9.64. The summed E-state index contributed by atoms with van der Waals surface area (Å²) < 4.78 is 29.7. The Morgan fingerprint density at radius 2 is 1.10 bits per heavy atom. The van der Waals surface area contributed by atoms with E-state index >= 15 is 0 Å². The maximum Gasteiger partial charge on any atom is 0.149 e. The zero-order valence-electron chi connectivity index (χ0n) is 42.8. The summed E-state index contributed by atoms with van der Waals surface area (Å²) in [7, 11) is 0. The molecule has 0 aliphatic rings. The molecule has 0 aliphatic heterocycles. The van der Waals surface area contributed by atoms with Crippen LogP contribution in [0.25, 0.3) is 95.0 Å². The number of aromatic hydroxyl groups is 1. The van der Waals surface area contributed by atoms with E-state index in [-0.39, 0.29) is 16.7 Å². The molecule has 0 amide bonds. The van der Waals surface area contributed by atoms with E-state index in [1.54, 1.807) is 0 Å². The van der Waals surface area contributed by atoms with Crippen molar-refractivity contribution in [1.29, 1.82) is 0 Å². The third kappa shape index (κ3) is 8.32. The summed E-state index contributed by atoms with van der Waals surface area (Å²) in [6, 6.07) is 63.9. The van der Waals surface area contributed by atoms with Gasteiger partial charge in [-0.3, -0.25) is 9.55 Å². The van der Waals surface area contributed by atoms with Gasteiger partial charge in [0.15, 0.2) is 0 Å². The second-order valence-corrected chi connectivity index (χ2v) is 19.9. The Labute approximate surface area is 405 Å². The van der Waals surface area contributed by atoms with Crippen molar-refractivity contribution in [3.05, 3.63) is 217 Å². The highest BCUT2D eigenvalue weighted by molar-refractivity contribution is 5.98. The number of rotatable bonds is 8. The van der Waals surface area contributed by atoms with Crippen molar-refractivity contribution >= 4 is 11.0 Å². The number of benzene rings is 8. The average Bonchev–Trinajstić information content (AvgIpc) is 3.76. The lowest BCUT2D eigenvalue weighted by atomic mass is 9.78. The summed E-state index contributed by atoms with van der Waals surface area (Å²) in [5.74, 6) is 0.548. The number of imidazole rings is 1. The smallest absolute Gasteiger partial charge is 0.149 e. The topological polar surface area (TPSA) is 50.9 Å². The maximum atomic E-state index is 12.4. The van der Waals surface area contributed by atoms with Gasteiger partial charge in [0.25, 0.3) is 0 Å². The number of aromatic nitrogens is 3. The highest BCUT2D eigenvalue weighted by atomic mass is 16.3. The van der Waals surface area contributed by atoms with E-state index in [9.17, 15) is 9.22 Å². The summed E-state index contributed by atoms with van der Waals surface area (Å²) in [6.45, 7) is 12.3. The molecule has 0 fully saturated rings. The van der Waals surface area contributed by atoms with Gasteiger partial charge in [-0.25, -0.2) is 4.98 Å². The number of pyridine rings is 1. The molecule has 68 heavy (non-hydrogen) atoms. The van der Waals surface area contributed by atoms with Gasteiger partial charge in [0.2, 0.25) is 0 Å². The molecule has 0 unspecified atom stereocenters. The van der Waals surface area contributed by atoms with E-state index in [0.29, 0.717) is 28.1 Å². The second-order valence-electron chi connectivity index (χ2n) is 19.9. The Kier molecular flexibility index (Phi) is 10.4. The molecular weight excluding hydrogens is 827 g/mol. The molecule has 334 valence electrons. The van der Waals surface area contributed by atoms with Crippen LogP contribution in [0.4, 0.5) is 0 Å². The molecule has 0 radical (unpaired) electrons. The number of hydrogen-bond acceptors (Lipinski definition) is 3. The molecule has 1 N–H and O–H groups in total. The summed E-state index contributed by atoms with van der Waals surface area (Å²) in [5, 5.41) is 12.4. The maximum absolute atomic E-state index is 12.4. The van der Waals surface area contributed by atoms with Gasteiger partial charge in [-0.05, 0) is 146 Å².